The second kappa shape index (κ2) is 14.1. The van der Waals surface area contributed by atoms with Crippen LogP contribution < -0.4 is 21.7 Å². The third kappa shape index (κ3) is 9.36. The van der Waals surface area contributed by atoms with Crippen LogP contribution in [-0.2, 0) is 32.0 Å². The molecule has 0 saturated heterocycles. The van der Waals surface area contributed by atoms with Crippen LogP contribution in [-0.4, -0.2) is 71.9 Å². The van der Waals surface area contributed by atoms with Gasteiger partial charge in [0.1, 0.15) is 17.8 Å². The molecule has 1 aliphatic rings. The van der Waals surface area contributed by atoms with Crippen LogP contribution in [0, 0.1) is 5.92 Å². The molecule has 1 saturated carbocycles. The zero-order valence-electron chi connectivity index (χ0n) is 22.2. The number of likely N-dealkylation sites (N-methyl/N-ethyl adjacent to an activating group) is 1. The lowest BCUT2D eigenvalue weighted by Gasteiger charge is -2.30. The summed E-state index contributed by atoms with van der Waals surface area (Å²) in [7, 11) is 1.64. The summed E-state index contributed by atoms with van der Waals surface area (Å²) in [5, 5.41) is 17.6. The molecule has 0 bridgehead atoms. The molecule has 0 unspecified atom stereocenters. The average molecular weight is 603 g/mol. The molecule has 1 fully saturated rings. The molecule has 0 aromatic heterocycles. The molecule has 1 aliphatic carbocycles. The molecule has 0 spiro atoms. The van der Waals surface area contributed by atoms with Crippen LogP contribution in [0.15, 0.2) is 53.0 Å². The van der Waals surface area contributed by atoms with Gasteiger partial charge in [-0.3, -0.25) is 19.2 Å². The first-order valence-electron chi connectivity index (χ1n) is 12.9. The van der Waals surface area contributed by atoms with Crippen LogP contribution in [0.3, 0.4) is 0 Å². The number of primary amides is 1. The van der Waals surface area contributed by atoms with E-state index in [0.29, 0.717) is 18.9 Å². The van der Waals surface area contributed by atoms with Gasteiger partial charge in [-0.2, -0.15) is 0 Å². The number of rotatable bonds is 14. The summed E-state index contributed by atoms with van der Waals surface area (Å²) in [5.41, 5.74) is 7.42. The van der Waals surface area contributed by atoms with Gasteiger partial charge in [-0.05, 0) is 74.5 Å². The molecule has 0 aliphatic heterocycles. The predicted molar refractivity (Wildman–Crippen MR) is 151 cm³/mol. The number of nitrogens with zero attached hydrogens (tertiary/aromatic N) is 1. The van der Waals surface area contributed by atoms with Crippen LogP contribution in [0.25, 0.3) is 0 Å². The highest BCUT2D eigenvalue weighted by atomic mass is 79.9. The summed E-state index contributed by atoms with van der Waals surface area (Å²) in [5.74, 6) is -1.48. The number of nitrogens with one attached hydrogen (secondary N) is 3. The highest BCUT2D eigenvalue weighted by Crippen LogP contribution is 2.31. The molecule has 2 aromatic carbocycles. The summed E-state index contributed by atoms with van der Waals surface area (Å²) >= 11 is 3.42. The minimum atomic E-state index is -0.897. The van der Waals surface area contributed by atoms with Crippen molar-refractivity contribution in [3.05, 3.63) is 64.1 Å². The second-order valence-corrected chi connectivity index (χ2v) is 10.8. The molecule has 10 nitrogen and oxygen atoms in total. The van der Waals surface area contributed by atoms with E-state index in [2.05, 4.69) is 31.9 Å². The number of carbonyl (C=O) groups excluding carboxylic acids is 4. The van der Waals surface area contributed by atoms with Crippen LogP contribution >= 0.6 is 15.9 Å². The minimum absolute atomic E-state index is 0.134. The standard InChI is InChI=1S/C28H36BrN5O5/c1-17(33-28(39)23(31-2)13-18-8-10-22(35)11-9-18)27(38)32-15-25(36)34(16-19-6-7-19)24(26(30)37)14-20-4-3-5-21(29)12-20/h3-5,8-12,17,19,23-24,31,35H,6-7,13-16H2,1-2H3,(H2,30,37)(H,32,38)(H,33,39)/t17-,23+,24+/m1/s1. The summed E-state index contributed by atoms with van der Waals surface area (Å²) in [6.45, 7) is 1.60. The Morgan fingerprint density at radius 1 is 1.05 bits per heavy atom. The van der Waals surface area contributed by atoms with E-state index in [1.54, 1.807) is 31.3 Å². The van der Waals surface area contributed by atoms with E-state index in [1.807, 2.05) is 24.3 Å². The van der Waals surface area contributed by atoms with Crippen LogP contribution in [0.4, 0.5) is 0 Å². The number of benzene rings is 2. The van der Waals surface area contributed by atoms with Crippen molar-refractivity contribution in [2.45, 2.75) is 50.7 Å². The van der Waals surface area contributed by atoms with Gasteiger partial charge in [0, 0.05) is 17.4 Å². The monoisotopic (exact) mass is 601 g/mol. The third-order valence-corrected chi connectivity index (χ3v) is 7.20. The maximum Gasteiger partial charge on any atom is 0.242 e. The fourth-order valence-corrected chi connectivity index (χ4v) is 4.67. The Balaban J connectivity index is 1.58. The number of hydrogen-bond acceptors (Lipinski definition) is 6. The van der Waals surface area contributed by atoms with Gasteiger partial charge in [0.2, 0.25) is 23.6 Å². The first-order valence-corrected chi connectivity index (χ1v) is 13.7. The van der Waals surface area contributed by atoms with E-state index in [9.17, 15) is 24.3 Å². The summed E-state index contributed by atoms with van der Waals surface area (Å²) < 4.78 is 0.857. The lowest BCUT2D eigenvalue weighted by Crippen LogP contribution is -2.55. The third-order valence-electron chi connectivity index (χ3n) is 6.70. The SMILES string of the molecule is CN[C@@H](Cc1ccc(O)cc1)C(=O)N[C@H](C)C(=O)NCC(=O)N(CC1CC1)[C@@H](Cc1cccc(Br)c1)C(N)=O. The van der Waals surface area contributed by atoms with Gasteiger partial charge >= 0.3 is 0 Å². The van der Waals surface area contributed by atoms with Crippen molar-refractivity contribution in [2.24, 2.45) is 11.7 Å². The molecule has 3 rings (SSSR count). The van der Waals surface area contributed by atoms with Gasteiger partial charge < -0.3 is 31.7 Å². The Morgan fingerprint density at radius 2 is 1.74 bits per heavy atom. The van der Waals surface area contributed by atoms with Gasteiger partial charge in [0.25, 0.3) is 0 Å². The second-order valence-electron chi connectivity index (χ2n) is 9.90. The fourth-order valence-electron chi connectivity index (χ4n) is 4.22. The van der Waals surface area contributed by atoms with Crippen LogP contribution in [0.1, 0.15) is 30.9 Å². The first-order chi connectivity index (χ1) is 18.6. The van der Waals surface area contributed by atoms with Crippen molar-refractivity contribution in [1.82, 2.24) is 20.9 Å². The van der Waals surface area contributed by atoms with Gasteiger partial charge in [-0.1, -0.05) is 40.2 Å². The average Bonchev–Trinajstić information content (AvgIpc) is 3.72. The largest absolute Gasteiger partial charge is 0.508 e. The van der Waals surface area contributed by atoms with E-state index in [4.69, 9.17) is 5.73 Å². The fraction of sp³-hybridized carbons (Fsp3) is 0.429. The van der Waals surface area contributed by atoms with Crippen molar-refractivity contribution in [1.29, 1.82) is 0 Å². The number of aromatic hydroxyl groups is 1. The van der Waals surface area contributed by atoms with Crippen molar-refractivity contribution >= 4 is 39.6 Å². The van der Waals surface area contributed by atoms with E-state index in [0.717, 1.165) is 28.4 Å². The van der Waals surface area contributed by atoms with E-state index in [-0.39, 0.29) is 24.6 Å². The molecular formula is C28H36BrN5O5. The quantitative estimate of drug-likeness (QED) is 0.219. The van der Waals surface area contributed by atoms with Gasteiger partial charge in [0.15, 0.2) is 0 Å². The molecule has 39 heavy (non-hydrogen) atoms. The maximum absolute atomic E-state index is 13.2. The van der Waals surface area contributed by atoms with E-state index < -0.39 is 35.8 Å². The zero-order chi connectivity index (χ0) is 28.5. The molecular weight excluding hydrogens is 566 g/mol. The molecule has 2 aromatic rings. The Labute approximate surface area is 236 Å². The lowest BCUT2D eigenvalue weighted by molar-refractivity contribution is -0.140. The molecule has 3 atom stereocenters. The van der Waals surface area contributed by atoms with Gasteiger partial charge in [-0.25, -0.2) is 0 Å². The Bertz CT molecular complexity index is 1170. The number of halogens is 1. The molecule has 0 heterocycles. The number of phenols is 1. The molecule has 11 heteroatoms. The Kier molecular flexibility index (Phi) is 10.9. The van der Waals surface area contributed by atoms with Gasteiger partial charge in [0.05, 0.1) is 12.6 Å². The Morgan fingerprint density at radius 3 is 2.33 bits per heavy atom. The molecule has 6 N–H and O–H groups in total. The maximum atomic E-state index is 13.2. The number of amides is 4. The smallest absolute Gasteiger partial charge is 0.242 e. The molecule has 4 amide bonds. The summed E-state index contributed by atoms with van der Waals surface area (Å²) in [6.07, 6.45) is 2.56. The van der Waals surface area contributed by atoms with E-state index in [1.165, 1.54) is 11.8 Å². The first kappa shape index (κ1) is 30.1. The highest BCUT2D eigenvalue weighted by molar-refractivity contribution is 9.10. The predicted octanol–water partition coefficient (Wildman–Crippen LogP) is 1.24. The number of carbonyl (C=O) groups is 4. The van der Waals surface area contributed by atoms with Crippen LogP contribution in [0.2, 0.25) is 0 Å². The van der Waals surface area contributed by atoms with Crippen molar-refractivity contribution in [2.75, 3.05) is 20.1 Å². The number of phenolic OH excluding ortho intramolecular Hbond substituents is 1. The molecule has 210 valence electrons. The highest BCUT2D eigenvalue weighted by Gasteiger charge is 2.34. The normalized spacial score (nSPS) is 15.1. The van der Waals surface area contributed by atoms with Crippen molar-refractivity contribution < 1.29 is 24.3 Å². The summed E-state index contributed by atoms with van der Waals surface area (Å²) in [6, 6.07) is 11.6. The van der Waals surface area contributed by atoms with Crippen molar-refractivity contribution in [3.63, 3.8) is 0 Å². The lowest BCUT2D eigenvalue weighted by atomic mass is 10.0. The number of hydrogen-bond donors (Lipinski definition) is 5. The number of nitrogens with two attached hydrogens (primary N) is 1. The zero-order valence-corrected chi connectivity index (χ0v) is 23.7. The van der Waals surface area contributed by atoms with Crippen LogP contribution in [0.5, 0.6) is 5.75 Å². The van der Waals surface area contributed by atoms with Crippen molar-refractivity contribution in [3.8, 4) is 5.75 Å². The van der Waals surface area contributed by atoms with Gasteiger partial charge in [-0.15, -0.1) is 0 Å². The topological polar surface area (TPSA) is 154 Å². The summed E-state index contributed by atoms with van der Waals surface area (Å²) in [4.78, 5) is 52.6. The Hall–Kier alpha value is -3.44. The van der Waals surface area contributed by atoms with E-state index >= 15 is 0 Å². The minimum Gasteiger partial charge on any atom is -0.508 e. The molecule has 0 radical (unpaired) electrons.